The summed E-state index contributed by atoms with van der Waals surface area (Å²) in [6, 6.07) is 15.1. The normalized spacial score (nSPS) is 22.0. The Bertz CT molecular complexity index is 1030. The zero-order valence-corrected chi connectivity index (χ0v) is 18.4. The van der Waals surface area contributed by atoms with E-state index >= 15 is 0 Å². The van der Waals surface area contributed by atoms with E-state index in [2.05, 4.69) is 13.8 Å². The number of anilines is 1. The minimum absolute atomic E-state index is 0.0280. The molecule has 0 aromatic heterocycles. The highest BCUT2D eigenvalue weighted by atomic mass is 16.5. The highest BCUT2D eigenvalue weighted by Gasteiger charge is 2.46. The number of hydrogen-bond donors (Lipinski definition) is 0. The van der Waals surface area contributed by atoms with Gasteiger partial charge in [-0.2, -0.15) is 0 Å². The molecule has 0 spiro atoms. The number of nitrogens with zero attached hydrogens (tertiary/aromatic N) is 2. The van der Waals surface area contributed by atoms with Gasteiger partial charge in [0.1, 0.15) is 18.1 Å². The fourth-order valence-electron chi connectivity index (χ4n) is 4.74. The van der Waals surface area contributed by atoms with Gasteiger partial charge >= 0.3 is 5.97 Å². The quantitative estimate of drug-likeness (QED) is 0.681. The standard InChI is InChI=1S/C25H28N2O4/c1-25(2)13-19-23(21(28)14-25)24(16-9-11-17(30-3)12-10-16)27(15-22(29)31-4)20-8-6-5-7-18(20)26-19/h5-12,23-24H,13-15H2,1-4H3. The Hall–Kier alpha value is -3.15. The Labute approximate surface area is 182 Å². The van der Waals surface area contributed by atoms with E-state index in [1.165, 1.54) is 7.11 Å². The summed E-state index contributed by atoms with van der Waals surface area (Å²) < 4.78 is 10.3. The molecule has 0 amide bonds. The van der Waals surface area contributed by atoms with Crippen LogP contribution in [0.5, 0.6) is 5.75 Å². The van der Waals surface area contributed by atoms with Gasteiger partial charge in [-0.1, -0.05) is 38.1 Å². The summed E-state index contributed by atoms with van der Waals surface area (Å²) >= 11 is 0. The van der Waals surface area contributed by atoms with E-state index in [0.29, 0.717) is 6.42 Å². The fourth-order valence-corrected chi connectivity index (χ4v) is 4.74. The second kappa shape index (κ2) is 8.17. The lowest BCUT2D eigenvalue weighted by Crippen LogP contribution is -2.46. The van der Waals surface area contributed by atoms with Gasteiger partial charge in [-0.15, -0.1) is 0 Å². The molecule has 0 radical (unpaired) electrons. The highest BCUT2D eigenvalue weighted by molar-refractivity contribution is 6.11. The number of esters is 1. The van der Waals surface area contributed by atoms with Crippen LogP contribution in [0, 0.1) is 11.3 Å². The van der Waals surface area contributed by atoms with Crippen LogP contribution in [0.4, 0.5) is 11.4 Å². The van der Waals surface area contributed by atoms with Crippen LogP contribution >= 0.6 is 0 Å². The minimum atomic E-state index is -0.432. The zero-order valence-electron chi connectivity index (χ0n) is 18.4. The molecule has 6 heteroatoms. The molecule has 0 N–H and O–H groups in total. The molecule has 2 unspecified atom stereocenters. The number of Topliss-reactive ketones (excluding diaryl/α,β-unsaturated/α-hetero) is 1. The van der Waals surface area contributed by atoms with E-state index < -0.39 is 5.92 Å². The topological polar surface area (TPSA) is 68.2 Å². The maximum absolute atomic E-state index is 13.5. The number of hydrogen-bond acceptors (Lipinski definition) is 6. The number of aliphatic imine (C=N–C) groups is 1. The number of methoxy groups -OCH3 is 2. The first kappa shape index (κ1) is 21.1. The second-order valence-electron chi connectivity index (χ2n) is 8.98. The summed E-state index contributed by atoms with van der Waals surface area (Å²) in [5.74, 6) is 0.0969. The van der Waals surface area contributed by atoms with Crippen molar-refractivity contribution >= 4 is 28.8 Å². The van der Waals surface area contributed by atoms with Crippen LogP contribution in [0.25, 0.3) is 0 Å². The molecule has 2 aromatic carbocycles. The number of carbonyl (C=O) groups excluding carboxylic acids is 2. The number of para-hydroxylation sites is 2. The Morgan fingerprint density at radius 2 is 1.81 bits per heavy atom. The van der Waals surface area contributed by atoms with Crippen molar-refractivity contribution in [1.82, 2.24) is 0 Å². The van der Waals surface area contributed by atoms with Crippen LogP contribution in [-0.4, -0.2) is 38.2 Å². The fraction of sp³-hybridized carbons (Fsp3) is 0.400. The van der Waals surface area contributed by atoms with Crippen molar-refractivity contribution < 1.29 is 19.1 Å². The van der Waals surface area contributed by atoms with Gasteiger partial charge in [-0.05, 0) is 41.7 Å². The SMILES string of the molecule is COC(=O)CN1c2ccccc2N=C2CC(C)(C)CC(=O)C2C1c1ccc(OC)cc1. The summed E-state index contributed by atoms with van der Waals surface area (Å²) in [5, 5.41) is 0. The monoisotopic (exact) mass is 420 g/mol. The number of benzene rings is 2. The summed E-state index contributed by atoms with van der Waals surface area (Å²) in [7, 11) is 3.00. The molecule has 31 heavy (non-hydrogen) atoms. The lowest BCUT2D eigenvalue weighted by Gasteiger charge is -2.41. The molecule has 6 nitrogen and oxygen atoms in total. The van der Waals surface area contributed by atoms with Gasteiger partial charge in [0.25, 0.3) is 0 Å². The summed E-state index contributed by atoms with van der Waals surface area (Å²) in [5.41, 5.74) is 3.26. The predicted molar refractivity (Wildman–Crippen MR) is 120 cm³/mol. The third-order valence-corrected chi connectivity index (χ3v) is 6.11. The molecule has 1 aliphatic carbocycles. The van der Waals surface area contributed by atoms with Gasteiger partial charge in [0.15, 0.2) is 0 Å². The summed E-state index contributed by atoms with van der Waals surface area (Å²) in [6.45, 7) is 4.24. The maximum atomic E-state index is 13.5. The summed E-state index contributed by atoms with van der Waals surface area (Å²) in [4.78, 5) is 32.9. The molecular weight excluding hydrogens is 392 g/mol. The Kier molecular flexibility index (Phi) is 5.56. The number of ether oxygens (including phenoxy) is 2. The van der Waals surface area contributed by atoms with Crippen molar-refractivity contribution in [3.05, 3.63) is 54.1 Å². The van der Waals surface area contributed by atoms with Crippen molar-refractivity contribution in [2.75, 3.05) is 25.7 Å². The molecule has 1 fully saturated rings. The van der Waals surface area contributed by atoms with Crippen LogP contribution in [-0.2, 0) is 14.3 Å². The van der Waals surface area contributed by atoms with Crippen LogP contribution in [0.15, 0.2) is 53.5 Å². The molecular formula is C25H28N2O4. The molecule has 0 saturated heterocycles. The first-order chi connectivity index (χ1) is 14.8. The number of rotatable bonds is 4. The third-order valence-electron chi connectivity index (χ3n) is 6.11. The van der Waals surface area contributed by atoms with Gasteiger partial charge in [-0.3, -0.25) is 14.6 Å². The summed E-state index contributed by atoms with van der Waals surface area (Å²) in [6.07, 6.45) is 1.21. The number of carbonyl (C=O) groups is 2. The minimum Gasteiger partial charge on any atom is -0.497 e. The molecule has 0 bridgehead atoms. The van der Waals surface area contributed by atoms with Crippen LogP contribution < -0.4 is 9.64 Å². The van der Waals surface area contributed by atoms with E-state index in [0.717, 1.165) is 34.8 Å². The average molecular weight is 421 g/mol. The van der Waals surface area contributed by atoms with Crippen LogP contribution in [0.1, 0.15) is 38.3 Å². The molecule has 2 aliphatic rings. The maximum Gasteiger partial charge on any atom is 0.325 e. The van der Waals surface area contributed by atoms with Crippen LogP contribution in [0.3, 0.4) is 0 Å². The van der Waals surface area contributed by atoms with Crippen molar-refractivity contribution in [2.24, 2.45) is 16.3 Å². The largest absolute Gasteiger partial charge is 0.497 e. The Morgan fingerprint density at radius 1 is 1.10 bits per heavy atom. The van der Waals surface area contributed by atoms with Crippen LogP contribution in [0.2, 0.25) is 0 Å². The van der Waals surface area contributed by atoms with E-state index in [1.54, 1.807) is 7.11 Å². The van der Waals surface area contributed by atoms with Crippen molar-refractivity contribution in [3.63, 3.8) is 0 Å². The zero-order chi connectivity index (χ0) is 22.2. The van der Waals surface area contributed by atoms with Crippen molar-refractivity contribution in [2.45, 2.75) is 32.7 Å². The van der Waals surface area contributed by atoms with Gasteiger partial charge in [0.05, 0.1) is 37.6 Å². The lowest BCUT2D eigenvalue weighted by atomic mass is 9.68. The Balaban J connectivity index is 1.92. The van der Waals surface area contributed by atoms with Crippen molar-refractivity contribution in [1.29, 1.82) is 0 Å². The smallest absolute Gasteiger partial charge is 0.325 e. The van der Waals surface area contributed by atoms with E-state index in [4.69, 9.17) is 14.5 Å². The molecule has 1 saturated carbocycles. The number of ketones is 1. The van der Waals surface area contributed by atoms with Gasteiger partial charge in [0, 0.05) is 12.1 Å². The third kappa shape index (κ3) is 4.07. The second-order valence-corrected chi connectivity index (χ2v) is 8.98. The molecule has 1 aliphatic heterocycles. The first-order valence-electron chi connectivity index (χ1n) is 10.5. The molecule has 162 valence electrons. The van der Waals surface area contributed by atoms with E-state index in [-0.39, 0.29) is 29.8 Å². The van der Waals surface area contributed by atoms with E-state index in [9.17, 15) is 9.59 Å². The van der Waals surface area contributed by atoms with Gasteiger partial charge in [-0.25, -0.2) is 0 Å². The first-order valence-corrected chi connectivity index (χ1v) is 10.5. The molecule has 4 rings (SSSR count). The lowest BCUT2D eigenvalue weighted by molar-refractivity contribution is -0.139. The van der Waals surface area contributed by atoms with Crippen molar-refractivity contribution in [3.8, 4) is 5.75 Å². The highest BCUT2D eigenvalue weighted by Crippen LogP contribution is 2.48. The Morgan fingerprint density at radius 3 is 2.48 bits per heavy atom. The predicted octanol–water partition coefficient (Wildman–Crippen LogP) is 4.51. The van der Waals surface area contributed by atoms with Gasteiger partial charge < -0.3 is 14.4 Å². The molecule has 1 heterocycles. The van der Waals surface area contributed by atoms with E-state index in [1.807, 2.05) is 53.4 Å². The molecule has 2 atom stereocenters. The molecule has 2 aromatic rings. The van der Waals surface area contributed by atoms with Gasteiger partial charge in [0.2, 0.25) is 0 Å². The number of fused-ring (bicyclic) bond motifs is 2. The average Bonchev–Trinajstić information content (AvgIpc) is 2.87.